The lowest BCUT2D eigenvalue weighted by molar-refractivity contribution is 0.774. The van der Waals surface area contributed by atoms with Crippen LogP contribution in [0.4, 0.5) is 5.82 Å². The molecule has 1 aliphatic rings. The molecule has 0 aliphatic carbocycles. The van der Waals surface area contributed by atoms with Crippen LogP contribution in [0, 0.1) is 11.3 Å². The average Bonchev–Trinajstić information content (AvgIpc) is 3.29. The van der Waals surface area contributed by atoms with Crippen molar-refractivity contribution in [1.29, 1.82) is 5.26 Å². The van der Waals surface area contributed by atoms with Gasteiger partial charge in [-0.3, -0.25) is 0 Å². The zero-order valence-corrected chi connectivity index (χ0v) is 16.0. The highest BCUT2D eigenvalue weighted by molar-refractivity contribution is 5.84. The van der Waals surface area contributed by atoms with E-state index in [1.807, 2.05) is 48.5 Å². The van der Waals surface area contributed by atoms with Gasteiger partial charge in [0.1, 0.15) is 5.69 Å². The second-order valence-electron chi connectivity index (χ2n) is 7.42. The molecule has 3 aromatic carbocycles. The molecule has 0 saturated carbocycles. The maximum atomic E-state index is 9.33. The van der Waals surface area contributed by atoms with Crippen molar-refractivity contribution >= 4 is 16.9 Å². The molecule has 1 unspecified atom stereocenters. The summed E-state index contributed by atoms with van der Waals surface area (Å²) in [7, 11) is 0. The fraction of sp³-hybridized carbons (Fsp3) is 0.160. The van der Waals surface area contributed by atoms with Gasteiger partial charge in [-0.05, 0) is 36.2 Å². The van der Waals surface area contributed by atoms with Gasteiger partial charge in [-0.25, -0.2) is 9.97 Å². The third-order valence-electron chi connectivity index (χ3n) is 5.58. The summed E-state index contributed by atoms with van der Waals surface area (Å²) in [5.41, 5.74) is 5.54. The van der Waals surface area contributed by atoms with E-state index in [1.54, 1.807) is 0 Å². The highest BCUT2D eigenvalue weighted by Crippen LogP contribution is 2.35. The van der Waals surface area contributed by atoms with Crippen LogP contribution < -0.4 is 4.90 Å². The van der Waals surface area contributed by atoms with Crippen molar-refractivity contribution in [3.8, 4) is 17.3 Å². The van der Waals surface area contributed by atoms with Crippen molar-refractivity contribution < 1.29 is 0 Å². The lowest BCUT2D eigenvalue weighted by Gasteiger charge is -2.21. The van der Waals surface area contributed by atoms with E-state index in [0.717, 1.165) is 47.6 Å². The van der Waals surface area contributed by atoms with Gasteiger partial charge in [-0.15, -0.1) is 0 Å². The van der Waals surface area contributed by atoms with E-state index in [4.69, 9.17) is 9.97 Å². The number of hydrogen-bond donors (Lipinski definition) is 0. The van der Waals surface area contributed by atoms with E-state index >= 15 is 0 Å². The first-order chi connectivity index (χ1) is 14.3. The van der Waals surface area contributed by atoms with Crippen LogP contribution >= 0.6 is 0 Å². The van der Waals surface area contributed by atoms with Crippen LogP contribution in [-0.4, -0.2) is 23.1 Å². The summed E-state index contributed by atoms with van der Waals surface area (Å²) >= 11 is 0. The molecule has 1 fully saturated rings. The van der Waals surface area contributed by atoms with Crippen molar-refractivity contribution in [1.82, 2.24) is 9.97 Å². The molecule has 2 heterocycles. The highest BCUT2D eigenvalue weighted by atomic mass is 15.2. The molecule has 1 aliphatic heterocycles. The number of hydrogen-bond acceptors (Lipinski definition) is 4. The monoisotopic (exact) mass is 376 g/mol. The van der Waals surface area contributed by atoms with Gasteiger partial charge in [0, 0.05) is 24.6 Å². The number of aromatic nitrogens is 2. The number of rotatable bonds is 3. The molecule has 1 atom stereocenters. The Morgan fingerprint density at radius 3 is 2.41 bits per heavy atom. The number of fused-ring (bicyclic) bond motifs is 1. The van der Waals surface area contributed by atoms with Crippen molar-refractivity contribution in [2.75, 3.05) is 18.0 Å². The quantitative estimate of drug-likeness (QED) is 0.495. The Morgan fingerprint density at radius 1 is 0.862 bits per heavy atom. The van der Waals surface area contributed by atoms with E-state index in [-0.39, 0.29) is 0 Å². The van der Waals surface area contributed by atoms with Gasteiger partial charge in [0.15, 0.2) is 5.82 Å². The minimum atomic E-state index is 0.489. The Balaban J connectivity index is 1.60. The van der Waals surface area contributed by atoms with Gasteiger partial charge in [0.05, 0.1) is 22.7 Å². The molecule has 0 N–H and O–H groups in total. The van der Waals surface area contributed by atoms with Crippen LogP contribution in [0.25, 0.3) is 22.3 Å². The summed E-state index contributed by atoms with van der Waals surface area (Å²) < 4.78 is 0. The van der Waals surface area contributed by atoms with E-state index in [2.05, 4.69) is 41.3 Å². The van der Waals surface area contributed by atoms with Crippen LogP contribution in [-0.2, 0) is 0 Å². The zero-order valence-electron chi connectivity index (χ0n) is 16.0. The largest absolute Gasteiger partial charge is 0.354 e. The first-order valence-electron chi connectivity index (χ1n) is 9.89. The molecule has 29 heavy (non-hydrogen) atoms. The maximum Gasteiger partial charge on any atom is 0.155 e. The van der Waals surface area contributed by atoms with Gasteiger partial charge in [0.25, 0.3) is 0 Å². The van der Waals surface area contributed by atoms with E-state index in [9.17, 15) is 5.26 Å². The smallest absolute Gasteiger partial charge is 0.155 e. The van der Waals surface area contributed by atoms with E-state index in [0.29, 0.717) is 11.5 Å². The van der Waals surface area contributed by atoms with Gasteiger partial charge >= 0.3 is 0 Å². The molecule has 4 aromatic rings. The van der Waals surface area contributed by atoms with Crippen LogP contribution in [0.5, 0.6) is 0 Å². The molecule has 4 heteroatoms. The van der Waals surface area contributed by atoms with Crippen molar-refractivity contribution in [2.45, 2.75) is 12.3 Å². The number of para-hydroxylation sites is 2. The molecule has 0 spiro atoms. The predicted molar refractivity (Wildman–Crippen MR) is 116 cm³/mol. The van der Waals surface area contributed by atoms with E-state index in [1.165, 1.54) is 5.56 Å². The van der Waals surface area contributed by atoms with Gasteiger partial charge in [-0.2, -0.15) is 5.26 Å². The number of anilines is 1. The predicted octanol–water partition coefficient (Wildman–Crippen LogP) is 5.16. The average molecular weight is 376 g/mol. The maximum absolute atomic E-state index is 9.33. The second kappa shape index (κ2) is 7.37. The first kappa shape index (κ1) is 17.4. The van der Waals surface area contributed by atoms with Crippen LogP contribution in [0.1, 0.15) is 23.5 Å². The summed E-state index contributed by atoms with van der Waals surface area (Å²) in [4.78, 5) is 12.3. The van der Waals surface area contributed by atoms with Gasteiger partial charge < -0.3 is 4.90 Å². The van der Waals surface area contributed by atoms with Crippen molar-refractivity contribution in [3.63, 3.8) is 0 Å². The van der Waals surface area contributed by atoms with Gasteiger partial charge in [-0.1, -0.05) is 54.6 Å². The Bertz CT molecular complexity index is 1210. The zero-order chi connectivity index (χ0) is 19.6. The van der Waals surface area contributed by atoms with Crippen molar-refractivity contribution in [2.24, 2.45) is 0 Å². The Kier molecular flexibility index (Phi) is 4.42. The third-order valence-corrected chi connectivity index (χ3v) is 5.58. The van der Waals surface area contributed by atoms with Gasteiger partial charge in [0.2, 0.25) is 0 Å². The molecular formula is C25H20N4. The molecule has 1 aromatic heterocycles. The fourth-order valence-corrected chi connectivity index (χ4v) is 4.09. The number of nitrogens with zero attached hydrogens (tertiary/aromatic N) is 4. The minimum absolute atomic E-state index is 0.489. The first-order valence-corrected chi connectivity index (χ1v) is 9.89. The summed E-state index contributed by atoms with van der Waals surface area (Å²) in [5, 5.41) is 9.33. The third kappa shape index (κ3) is 3.32. The van der Waals surface area contributed by atoms with Crippen LogP contribution in [0.15, 0.2) is 78.9 Å². The summed E-state index contributed by atoms with van der Waals surface area (Å²) in [5.74, 6) is 1.39. The van der Waals surface area contributed by atoms with Crippen LogP contribution in [0.3, 0.4) is 0 Å². The summed E-state index contributed by atoms with van der Waals surface area (Å²) in [6.07, 6.45) is 1.09. The normalized spacial score (nSPS) is 16.1. The summed E-state index contributed by atoms with van der Waals surface area (Å²) in [6, 6.07) is 28.5. The Labute approximate surface area is 170 Å². The molecule has 0 amide bonds. The van der Waals surface area contributed by atoms with E-state index < -0.39 is 0 Å². The molecule has 1 saturated heterocycles. The minimum Gasteiger partial charge on any atom is -0.354 e. The number of nitriles is 1. The standard InChI is InChI=1S/C25H20N4/c26-16-18-7-6-10-20(15-18)24-25(28-23-12-5-4-11-22(23)27-24)29-14-13-21(17-29)19-8-2-1-3-9-19/h1-12,15,21H,13-14,17H2. The molecular weight excluding hydrogens is 356 g/mol. The fourth-order valence-electron chi connectivity index (χ4n) is 4.09. The second-order valence-corrected chi connectivity index (χ2v) is 7.42. The molecule has 4 nitrogen and oxygen atoms in total. The summed E-state index contributed by atoms with van der Waals surface area (Å²) in [6.45, 7) is 1.86. The van der Waals surface area contributed by atoms with Crippen LogP contribution in [0.2, 0.25) is 0 Å². The SMILES string of the molecule is N#Cc1cccc(-c2nc3ccccc3nc2N2CCC(c3ccccc3)C2)c1. The topological polar surface area (TPSA) is 52.8 Å². The Hall–Kier alpha value is -3.71. The molecule has 5 rings (SSSR count). The Morgan fingerprint density at radius 2 is 1.62 bits per heavy atom. The molecule has 0 radical (unpaired) electrons. The lowest BCUT2D eigenvalue weighted by atomic mass is 9.99. The van der Waals surface area contributed by atoms with Crippen molar-refractivity contribution in [3.05, 3.63) is 90.0 Å². The molecule has 140 valence electrons. The molecule has 0 bridgehead atoms. The number of benzene rings is 3. The lowest BCUT2D eigenvalue weighted by Crippen LogP contribution is -2.22. The highest BCUT2D eigenvalue weighted by Gasteiger charge is 2.27.